The molecule has 0 aliphatic carbocycles. The summed E-state index contributed by atoms with van der Waals surface area (Å²) in [5.74, 6) is 0.921. The lowest BCUT2D eigenvalue weighted by Gasteiger charge is -2.31. The summed E-state index contributed by atoms with van der Waals surface area (Å²) in [5, 5.41) is 6.16. The number of methoxy groups -OCH3 is 1. The third-order valence-electron chi connectivity index (χ3n) is 8.71. The van der Waals surface area contributed by atoms with Gasteiger partial charge in [0.05, 0.1) is 24.4 Å². The van der Waals surface area contributed by atoms with Crippen LogP contribution in [-0.4, -0.2) is 78.6 Å². The van der Waals surface area contributed by atoms with Gasteiger partial charge in [-0.1, -0.05) is 42.4 Å². The van der Waals surface area contributed by atoms with Crippen LogP contribution in [0.1, 0.15) is 49.8 Å². The lowest BCUT2D eigenvalue weighted by atomic mass is 10.0. The predicted octanol–water partition coefficient (Wildman–Crippen LogP) is 5.94. The third-order valence-corrected chi connectivity index (χ3v) is 9.03. The minimum atomic E-state index is 0.0764. The Bertz CT molecular complexity index is 1370. The highest BCUT2D eigenvalue weighted by molar-refractivity contribution is 6.36. The molecule has 0 bridgehead atoms. The fourth-order valence-electron chi connectivity index (χ4n) is 6.56. The van der Waals surface area contributed by atoms with Crippen molar-refractivity contribution in [2.24, 2.45) is 0 Å². The van der Waals surface area contributed by atoms with Gasteiger partial charge in [0.2, 0.25) is 5.91 Å². The molecule has 0 saturated carbocycles. The molecule has 5 heterocycles. The molecule has 3 fully saturated rings. The van der Waals surface area contributed by atoms with Gasteiger partial charge in [0.25, 0.3) is 0 Å². The Kier molecular flexibility index (Phi) is 10.2. The Hall–Kier alpha value is -3.36. The van der Waals surface area contributed by atoms with Crippen molar-refractivity contribution in [3.8, 4) is 6.01 Å². The van der Waals surface area contributed by atoms with Crippen LogP contribution in [0.2, 0.25) is 5.02 Å². The van der Waals surface area contributed by atoms with E-state index in [9.17, 15) is 4.79 Å². The van der Waals surface area contributed by atoms with Gasteiger partial charge in [0, 0.05) is 49.4 Å². The smallest absolute Gasteiger partial charge is 0.318 e. The standard InChI is InChI=1S/C19H19ClN4O.C7H11NO.C7H13N/c1-21-18-13-9-10-24(11-15(13)22-19(23-18)25-2)16-8-4-6-12-5-3-7-14(20)17(12)16;1-2-7(9)8-5-3-4-6-8;1-3-7-4-2-6-8(7)5-1/h3-8H,9-11H2,1-2H3,(H,21,22,23);2H,1,3-6H2;7H,1-6H2. The van der Waals surface area contributed by atoms with Crippen molar-refractivity contribution in [2.75, 3.05) is 57.1 Å². The predicted molar refractivity (Wildman–Crippen MR) is 172 cm³/mol. The van der Waals surface area contributed by atoms with Crippen molar-refractivity contribution in [3.05, 3.63) is 65.3 Å². The number of carbonyl (C=O) groups excluding carboxylic acids is 1. The van der Waals surface area contributed by atoms with Crippen LogP contribution in [0.25, 0.3) is 10.8 Å². The number of amides is 1. The number of benzene rings is 2. The van der Waals surface area contributed by atoms with E-state index in [0.717, 1.165) is 83.5 Å². The lowest BCUT2D eigenvalue weighted by Crippen LogP contribution is -2.32. The average molecular weight is 591 g/mol. The lowest BCUT2D eigenvalue weighted by molar-refractivity contribution is -0.124. The normalized spacial score (nSPS) is 18.0. The van der Waals surface area contributed by atoms with E-state index in [0.29, 0.717) is 12.6 Å². The van der Waals surface area contributed by atoms with Crippen molar-refractivity contribution in [2.45, 2.75) is 57.5 Å². The first-order valence-electron chi connectivity index (χ1n) is 15.2. The van der Waals surface area contributed by atoms with Crippen LogP contribution in [0, 0.1) is 0 Å². The summed E-state index contributed by atoms with van der Waals surface area (Å²) in [6.45, 7) is 9.64. The van der Waals surface area contributed by atoms with Crippen LogP contribution in [0.3, 0.4) is 0 Å². The number of hydrogen-bond donors (Lipinski definition) is 1. The molecule has 4 aliphatic heterocycles. The van der Waals surface area contributed by atoms with E-state index in [1.165, 1.54) is 44.8 Å². The van der Waals surface area contributed by atoms with Gasteiger partial charge >= 0.3 is 6.01 Å². The van der Waals surface area contributed by atoms with Gasteiger partial charge in [-0.25, -0.2) is 0 Å². The third kappa shape index (κ3) is 6.81. The van der Waals surface area contributed by atoms with Crippen molar-refractivity contribution >= 4 is 39.8 Å². The Morgan fingerprint density at radius 1 is 1.02 bits per heavy atom. The number of rotatable bonds is 4. The molecule has 42 heavy (non-hydrogen) atoms. The second kappa shape index (κ2) is 14.2. The monoisotopic (exact) mass is 590 g/mol. The van der Waals surface area contributed by atoms with Gasteiger partial charge in [-0.3, -0.25) is 4.79 Å². The number of halogens is 1. The SMILES string of the molecule is C1CC2CCCN2C1.C=CC(=O)N1CCCC1.CNc1nc(OC)nc2c1CCN(c1cccc3cccc(Cl)c13)C2. The summed E-state index contributed by atoms with van der Waals surface area (Å²) in [4.78, 5) is 26.6. The molecule has 4 aliphatic rings. The Labute approximate surface area is 254 Å². The van der Waals surface area contributed by atoms with E-state index in [1.807, 2.05) is 24.1 Å². The number of hydrogen-bond acceptors (Lipinski definition) is 7. The topological polar surface area (TPSA) is 73.8 Å². The Balaban J connectivity index is 0.000000167. The summed E-state index contributed by atoms with van der Waals surface area (Å²) in [6.07, 6.45) is 10.5. The summed E-state index contributed by atoms with van der Waals surface area (Å²) < 4.78 is 5.25. The van der Waals surface area contributed by atoms with Gasteiger partial charge in [0.15, 0.2) is 0 Å². The molecule has 8 nitrogen and oxygen atoms in total. The van der Waals surface area contributed by atoms with Crippen LogP contribution >= 0.6 is 11.6 Å². The number of fused-ring (bicyclic) bond motifs is 3. The van der Waals surface area contributed by atoms with Gasteiger partial charge in [-0.05, 0) is 81.6 Å². The fraction of sp³-hybridized carbons (Fsp3) is 0.485. The number of nitrogens with zero attached hydrogens (tertiary/aromatic N) is 5. The maximum atomic E-state index is 10.8. The Morgan fingerprint density at radius 3 is 2.38 bits per heavy atom. The minimum absolute atomic E-state index is 0.0764. The van der Waals surface area contributed by atoms with E-state index in [1.54, 1.807) is 7.11 Å². The van der Waals surface area contributed by atoms with E-state index in [-0.39, 0.29) is 5.91 Å². The highest BCUT2D eigenvalue weighted by Gasteiger charge is 2.28. The van der Waals surface area contributed by atoms with Gasteiger partial charge in [-0.15, -0.1) is 0 Å². The molecular weight excluding hydrogens is 548 g/mol. The summed E-state index contributed by atoms with van der Waals surface area (Å²) >= 11 is 6.49. The first kappa shape index (κ1) is 30.1. The zero-order valence-corrected chi connectivity index (χ0v) is 25.7. The van der Waals surface area contributed by atoms with Crippen molar-refractivity contribution in [1.29, 1.82) is 0 Å². The highest BCUT2D eigenvalue weighted by atomic mass is 35.5. The van der Waals surface area contributed by atoms with Crippen molar-refractivity contribution < 1.29 is 9.53 Å². The number of nitrogens with one attached hydrogen (secondary N) is 1. The first-order valence-corrected chi connectivity index (χ1v) is 15.6. The first-order chi connectivity index (χ1) is 20.5. The zero-order valence-electron chi connectivity index (χ0n) is 24.9. The van der Waals surface area contributed by atoms with Crippen LogP contribution in [0.5, 0.6) is 6.01 Å². The summed E-state index contributed by atoms with van der Waals surface area (Å²) in [7, 11) is 3.46. The molecule has 1 aromatic heterocycles. The molecule has 0 radical (unpaired) electrons. The van der Waals surface area contributed by atoms with Crippen LogP contribution < -0.4 is 15.0 Å². The zero-order chi connectivity index (χ0) is 29.5. The summed E-state index contributed by atoms with van der Waals surface area (Å²) in [5.41, 5.74) is 3.29. The van der Waals surface area contributed by atoms with E-state index >= 15 is 0 Å². The maximum absolute atomic E-state index is 10.8. The molecule has 0 atom stereocenters. The largest absolute Gasteiger partial charge is 0.467 e. The Morgan fingerprint density at radius 2 is 1.74 bits per heavy atom. The van der Waals surface area contributed by atoms with Crippen molar-refractivity contribution in [1.82, 2.24) is 19.8 Å². The number of carbonyl (C=O) groups is 1. The molecule has 0 unspecified atom stereocenters. The quantitative estimate of drug-likeness (QED) is 0.377. The number of aromatic nitrogens is 2. The molecule has 7 rings (SSSR count). The van der Waals surface area contributed by atoms with Crippen LogP contribution in [0.4, 0.5) is 11.5 Å². The molecule has 1 amide bonds. The number of ether oxygens (including phenoxy) is 1. The second-order valence-corrected chi connectivity index (χ2v) is 11.6. The molecule has 9 heteroatoms. The molecule has 1 N–H and O–H groups in total. The molecule has 0 spiro atoms. The summed E-state index contributed by atoms with van der Waals surface area (Å²) in [6, 6.07) is 13.7. The van der Waals surface area contributed by atoms with E-state index in [2.05, 4.69) is 55.9 Å². The molecule has 3 aromatic rings. The fourth-order valence-corrected chi connectivity index (χ4v) is 6.84. The van der Waals surface area contributed by atoms with Crippen LogP contribution in [0.15, 0.2) is 49.1 Å². The van der Waals surface area contributed by atoms with Crippen molar-refractivity contribution in [3.63, 3.8) is 0 Å². The van der Waals surface area contributed by atoms with Gasteiger partial charge in [-0.2, -0.15) is 9.97 Å². The highest BCUT2D eigenvalue weighted by Crippen LogP contribution is 2.36. The minimum Gasteiger partial charge on any atom is -0.467 e. The average Bonchev–Trinajstić information content (AvgIpc) is 3.81. The van der Waals surface area contributed by atoms with Gasteiger partial charge < -0.3 is 24.8 Å². The molecule has 224 valence electrons. The van der Waals surface area contributed by atoms with Gasteiger partial charge in [0.1, 0.15) is 5.82 Å². The second-order valence-electron chi connectivity index (χ2n) is 11.2. The van der Waals surface area contributed by atoms with Crippen LogP contribution in [-0.2, 0) is 17.8 Å². The number of anilines is 2. The molecule has 2 aromatic carbocycles. The molecule has 3 saturated heterocycles. The number of likely N-dealkylation sites (tertiary alicyclic amines) is 1. The van der Waals surface area contributed by atoms with E-state index in [4.69, 9.17) is 16.3 Å². The maximum Gasteiger partial charge on any atom is 0.318 e. The van der Waals surface area contributed by atoms with E-state index < -0.39 is 0 Å². The molecular formula is C33H43ClN6O2.